The zero-order valence-electron chi connectivity index (χ0n) is 9.34. The predicted molar refractivity (Wildman–Crippen MR) is 59.3 cm³/mol. The highest BCUT2D eigenvalue weighted by molar-refractivity contribution is 5.73. The monoisotopic (exact) mass is 207 g/mol. The molecule has 0 aliphatic rings. The van der Waals surface area contributed by atoms with E-state index >= 15 is 0 Å². The van der Waals surface area contributed by atoms with Gasteiger partial charge in [-0.1, -0.05) is 30.3 Å². The molecule has 0 spiro atoms. The van der Waals surface area contributed by atoms with Crippen molar-refractivity contribution in [2.45, 2.75) is 26.0 Å². The molecule has 0 unspecified atom stereocenters. The van der Waals surface area contributed by atoms with Crippen molar-refractivity contribution in [2.75, 3.05) is 7.05 Å². The lowest BCUT2D eigenvalue weighted by atomic mass is 10.0. The first-order valence-electron chi connectivity index (χ1n) is 5.00. The lowest BCUT2D eigenvalue weighted by molar-refractivity contribution is -0.131. The van der Waals surface area contributed by atoms with Crippen LogP contribution in [0.15, 0.2) is 30.3 Å². The molecule has 1 N–H and O–H groups in total. The Labute approximate surface area is 90.3 Å². The van der Waals surface area contributed by atoms with Crippen molar-refractivity contribution in [2.24, 2.45) is 0 Å². The van der Waals surface area contributed by atoms with E-state index in [9.17, 15) is 9.90 Å². The molecule has 0 aromatic heterocycles. The zero-order chi connectivity index (χ0) is 11.4. The molecule has 3 nitrogen and oxygen atoms in total. The Morgan fingerprint density at radius 1 is 1.33 bits per heavy atom. The minimum absolute atomic E-state index is 0.0440. The zero-order valence-corrected chi connectivity index (χ0v) is 9.34. The van der Waals surface area contributed by atoms with Crippen LogP contribution in [0, 0.1) is 0 Å². The molecular weight excluding hydrogens is 190 g/mol. The molecule has 0 saturated carbocycles. The predicted octanol–water partition coefficient (Wildman–Crippen LogP) is 1.59. The van der Waals surface area contributed by atoms with Crippen LogP contribution in [-0.4, -0.2) is 29.0 Å². The largest absolute Gasteiger partial charge is 0.386 e. The van der Waals surface area contributed by atoms with Crippen molar-refractivity contribution in [1.82, 2.24) is 4.90 Å². The van der Waals surface area contributed by atoms with Crippen molar-refractivity contribution in [3.05, 3.63) is 35.9 Å². The molecule has 1 aromatic rings. The molecule has 1 amide bonds. The smallest absolute Gasteiger partial charge is 0.219 e. The van der Waals surface area contributed by atoms with E-state index in [-0.39, 0.29) is 11.9 Å². The molecule has 0 fully saturated rings. The molecule has 0 aliphatic heterocycles. The lowest BCUT2D eigenvalue weighted by Crippen LogP contribution is -2.37. The second kappa shape index (κ2) is 4.94. The SMILES string of the molecule is CC(=O)N(C)[C@H](C)[C@@H](O)c1ccccc1. The van der Waals surface area contributed by atoms with E-state index in [2.05, 4.69) is 0 Å². The molecule has 82 valence electrons. The second-order valence-electron chi connectivity index (χ2n) is 3.73. The Morgan fingerprint density at radius 2 is 1.87 bits per heavy atom. The van der Waals surface area contributed by atoms with E-state index in [1.165, 1.54) is 11.8 Å². The molecular formula is C12H17NO2. The van der Waals surface area contributed by atoms with E-state index in [1.807, 2.05) is 37.3 Å². The third kappa shape index (κ3) is 2.80. The Bertz CT molecular complexity index is 324. The summed E-state index contributed by atoms with van der Waals surface area (Å²) in [5.74, 6) is -0.0440. The molecule has 0 radical (unpaired) electrons. The highest BCUT2D eigenvalue weighted by atomic mass is 16.3. The second-order valence-corrected chi connectivity index (χ2v) is 3.73. The normalized spacial score (nSPS) is 14.4. The molecule has 0 saturated heterocycles. The van der Waals surface area contributed by atoms with E-state index < -0.39 is 6.10 Å². The summed E-state index contributed by atoms with van der Waals surface area (Å²) in [4.78, 5) is 12.7. The Balaban J connectivity index is 2.77. The maximum absolute atomic E-state index is 11.1. The molecule has 3 heteroatoms. The van der Waals surface area contributed by atoms with Gasteiger partial charge < -0.3 is 10.0 Å². The van der Waals surface area contributed by atoms with Crippen molar-refractivity contribution < 1.29 is 9.90 Å². The Morgan fingerprint density at radius 3 is 2.33 bits per heavy atom. The fraction of sp³-hybridized carbons (Fsp3) is 0.417. The first-order chi connectivity index (χ1) is 7.04. The van der Waals surface area contributed by atoms with Gasteiger partial charge in [-0.3, -0.25) is 4.79 Å². The summed E-state index contributed by atoms with van der Waals surface area (Å²) in [6, 6.07) is 9.14. The molecule has 0 heterocycles. The highest BCUT2D eigenvalue weighted by Gasteiger charge is 2.21. The minimum Gasteiger partial charge on any atom is -0.386 e. The van der Waals surface area contributed by atoms with Gasteiger partial charge in [-0.15, -0.1) is 0 Å². The van der Waals surface area contributed by atoms with Gasteiger partial charge >= 0.3 is 0 Å². The maximum Gasteiger partial charge on any atom is 0.219 e. The third-order valence-electron chi connectivity index (χ3n) is 2.71. The van der Waals surface area contributed by atoms with Crippen LogP contribution in [0.4, 0.5) is 0 Å². The van der Waals surface area contributed by atoms with E-state index in [4.69, 9.17) is 0 Å². The maximum atomic E-state index is 11.1. The average Bonchev–Trinajstić information content (AvgIpc) is 2.27. The van der Waals surface area contributed by atoms with Crippen LogP contribution in [0.3, 0.4) is 0 Å². The van der Waals surface area contributed by atoms with E-state index in [1.54, 1.807) is 7.05 Å². The van der Waals surface area contributed by atoms with Gasteiger partial charge in [0.15, 0.2) is 0 Å². The molecule has 1 aromatic carbocycles. The number of carbonyl (C=O) groups is 1. The van der Waals surface area contributed by atoms with Gasteiger partial charge in [0.2, 0.25) is 5.91 Å². The van der Waals surface area contributed by atoms with Crippen LogP contribution in [0.25, 0.3) is 0 Å². The number of likely N-dealkylation sites (N-methyl/N-ethyl adjacent to an activating group) is 1. The van der Waals surface area contributed by atoms with Gasteiger partial charge in [-0.2, -0.15) is 0 Å². The summed E-state index contributed by atoms with van der Waals surface area (Å²) < 4.78 is 0. The van der Waals surface area contributed by atoms with Crippen LogP contribution in [0.5, 0.6) is 0 Å². The summed E-state index contributed by atoms with van der Waals surface area (Å²) in [6.07, 6.45) is -0.639. The van der Waals surface area contributed by atoms with Crippen molar-refractivity contribution in [3.8, 4) is 0 Å². The quantitative estimate of drug-likeness (QED) is 0.817. The van der Waals surface area contributed by atoms with Crippen molar-refractivity contribution in [3.63, 3.8) is 0 Å². The van der Waals surface area contributed by atoms with Crippen LogP contribution in [0.1, 0.15) is 25.5 Å². The van der Waals surface area contributed by atoms with Gasteiger partial charge in [0.25, 0.3) is 0 Å². The lowest BCUT2D eigenvalue weighted by Gasteiger charge is -2.28. The summed E-state index contributed by atoms with van der Waals surface area (Å²) in [7, 11) is 1.69. The topological polar surface area (TPSA) is 40.5 Å². The van der Waals surface area contributed by atoms with Gasteiger partial charge in [0, 0.05) is 14.0 Å². The van der Waals surface area contributed by atoms with E-state index in [0.717, 1.165) is 5.56 Å². The number of benzene rings is 1. The number of carbonyl (C=O) groups excluding carboxylic acids is 1. The Hall–Kier alpha value is -1.35. The van der Waals surface area contributed by atoms with Gasteiger partial charge in [-0.25, -0.2) is 0 Å². The average molecular weight is 207 g/mol. The number of hydrogen-bond donors (Lipinski definition) is 1. The molecule has 15 heavy (non-hydrogen) atoms. The molecule has 1 rings (SSSR count). The van der Waals surface area contributed by atoms with Crippen LogP contribution >= 0.6 is 0 Å². The fourth-order valence-electron chi connectivity index (χ4n) is 1.43. The molecule has 2 atom stereocenters. The Kier molecular flexibility index (Phi) is 3.86. The standard InChI is InChI=1S/C12H17NO2/c1-9(13(3)10(2)14)12(15)11-7-5-4-6-8-11/h4-9,12,15H,1-3H3/t9-,12-/m1/s1. The number of aliphatic hydroxyl groups excluding tert-OH is 1. The summed E-state index contributed by atoms with van der Waals surface area (Å²) in [5, 5.41) is 10.0. The van der Waals surface area contributed by atoms with E-state index in [0.29, 0.717) is 0 Å². The van der Waals surface area contributed by atoms with Gasteiger partial charge in [-0.05, 0) is 12.5 Å². The van der Waals surface area contributed by atoms with Crippen LogP contribution in [0.2, 0.25) is 0 Å². The number of nitrogens with zero attached hydrogens (tertiary/aromatic N) is 1. The highest BCUT2D eigenvalue weighted by Crippen LogP contribution is 2.19. The summed E-state index contributed by atoms with van der Waals surface area (Å²) in [6.45, 7) is 3.33. The summed E-state index contributed by atoms with van der Waals surface area (Å²) >= 11 is 0. The third-order valence-corrected chi connectivity index (χ3v) is 2.71. The molecule has 0 aliphatic carbocycles. The first kappa shape index (κ1) is 11.7. The number of hydrogen-bond acceptors (Lipinski definition) is 2. The van der Waals surface area contributed by atoms with Gasteiger partial charge in [0.1, 0.15) is 0 Å². The number of rotatable bonds is 3. The number of amides is 1. The minimum atomic E-state index is -0.639. The van der Waals surface area contributed by atoms with Crippen molar-refractivity contribution >= 4 is 5.91 Å². The molecule has 0 bridgehead atoms. The first-order valence-corrected chi connectivity index (χ1v) is 5.00. The van der Waals surface area contributed by atoms with Crippen molar-refractivity contribution in [1.29, 1.82) is 0 Å². The summed E-state index contributed by atoms with van der Waals surface area (Å²) in [5.41, 5.74) is 0.832. The fourth-order valence-corrected chi connectivity index (χ4v) is 1.43. The van der Waals surface area contributed by atoms with Gasteiger partial charge in [0.05, 0.1) is 12.1 Å². The van der Waals surface area contributed by atoms with Crippen LogP contribution < -0.4 is 0 Å². The number of aliphatic hydroxyl groups is 1. The van der Waals surface area contributed by atoms with Crippen LogP contribution in [-0.2, 0) is 4.79 Å².